The number of carbonyl (C=O) groups excluding carboxylic acids is 2. The fourth-order valence-corrected chi connectivity index (χ4v) is 2.63. The molecule has 22 heavy (non-hydrogen) atoms. The number of thioether (sulfide) groups is 1. The molecule has 5 N–H and O–H groups in total. The molecule has 2 atom stereocenters. The quantitative estimate of drug-likeness (QED) is 0.294. The van der Waals surface area contributed by atoms with Crippen LogP contribution in [-0.4, -0.2) is 45.6 Å². The third-order valence-electron chi connectivity index (χ3n) is 2.99. The molecule has 0 aliphatic carbocycles. The zero-order chi connectivity index (χ0) is 16.7. The van der Waals surface area contributed by atoms with Gasteiger partial charge in [-0.05, 0) is 36.1 Å². The molecule has 0 bridgehead atoms. The molecule has 0 saturated carbocycles. The number of rotatable bonds is 7. The molecule has 122 valence electrons. The van der Waals surface area contributed by atoms with Gasteiger partial charge in [0.15, 0.2) is 0 Å². The minimum Gasteiger partial charge on any atom is -0.382 e. The predicted octanol–water partition coefficient (Wildman–Crippen LogP) is 1.01. The molecular formula is C14H20ClN3O3S. The van der Waals surface area contributed by atoms with Gasteiger partial charge in [0, 0.05) is 16.6 Å². The van der Waals surface area contributed by atoms with Crippen molar-refractivity contribution in [3.05, 3.63) is 34.9 Å². The summed E-state index contributed by atoms with van der Waals surface area (Å²) in [5, 5.41) is 10.6. The Morgan fingerprint density at radius 1 is 1.45 bits per heavy atom. The topological polar surface area (TPSA) is 110 Å². The van der Waals surface area contributed by atoms with Crippen molar-refractivity contribution >= 4 is 35.2 Å². The molecule has 0 aromatic heterocycles. The number of imide groups is 1. The number of hydrazine groups is 1. The fourth-order valence-electron chi connectivity index (χ4n) is 1.71. The van der Waals surface area contributed by atoms with Crippen molar-refractivity contribution in [1.29, 1.82) is 0 Å². The van der Waals surface area contributed by atoms with Crippen LogP contribution in [0, 0.1) is 0 Å². The number of carbonyl (C=O) groups is 2. The largest absolute Gasteiger partial charge is 0.382 e. The molecule has 6 nitrogen and oxygen atoms in total. The predicted molar refractivity (Wildman–Crippen MR) is 88.4 cm³/mol. The van der Waals surface area contributed by atoms with E-state index >= 15 is 0 Å². The molecule has 1 aromatic rings. The van der Waals surface area contributed by atoms with Crippen LogP contribution in [-0.2, 0) is 4.79 Å². The van der Waals surface area contributed by atoms with E-state index in [0.29, 0.717) is 16.5 Å². The molecule has 2 unspecified atom stereocenters. The van der Waals surface area contributed by atoms with Crippen molar-refractivity contribution in [3.63, 3.8) is 0 Å². The Morgan fingerprint density at radius 2 is 2.14 bits per heavy atom. The van der Waals surface area contributed by atoms with E-state index in [2.05, 4.69) is 0 Å². The summed E-state index contributed by atoms with van der Waals surface area (Å²) in [6, 6.07) is 5.26. The van der Waals surface area contributed by atoms with Crippen molar-refractivity contribution in [2.75, 3.05) is 11.5 Å². The number of nitrogens with two attached hydrogens (primary N) is 2. The summed E-state index contributed by atoms with van der Waals surface area (Å²) in [6.45, 7) is 2.00. The molecule has 8 heteroatoms. The second-order valence-corrected chi connectivity index (χ2v) is 6.45. The maximum absolute atomic E-state index is 12.1. The van der Waals surface area contributed by atoms with Gasteiger partial charge >= 0.3 is 0 Å². The standard InChI is InChI=1S/C14H20ClN3O3S/c1-2-22-7-6-11(16)12(19)14(21)18(17)13(20)9-4-3-5-10(15)8-9/h3-5,8,11-12,19H,2,6-7,16-17H2,1H3. The lowest BCUT2D eigenvalue weighted by atomic mass is 10.1. The summed E-state index contributed by atoms with van der Waals surface area (Å²) in [5.41, 5.74) is 5.92. The SMILES string of the molecule is CCSCCC(N)C(O)C(=O)N(N)C(=O)c1cccc(Cl)c1. The second kappa shape index (κ2) is 9.12. The maximum Gasteiger partial charge on any atom is 0.274 e. The van der Waals surface area contributed by atoms with Gasteiger partial charge in [0.1, 0.15) is 6.10 Å². The number of aliphatic hydroxyl groups excluding tert-OH is 1. The van der Waals surface area contributed by atoms with Crippen molar-refractivity contribution < 1.29 is 14.7 Å². The summed E-state index contributed by atoms with van der Waals surface area (Å²) >= 11 is 7.44. The van der Waals surface area contributed by atoms with Crippen LogP contribution < -0.4 is 11.6 Å². The van der Waals surface area contributed by atoms with Crippen LogP contribution in [0.15, 0.2) is 24.3 Å². The van der Waals surface area contributed by atoms with Gasteiger partial charge in [-0.3, -0.25) is 9.59 Å². The van der Waals surface area contributed by atoms with Crippen LogP contribution in [0.4, 0.5) is 0 Å². The average molecular weight is 346 g/mol. The molecule has 0 spiro atoms. The fraction of sp³-hybridized carbons (Fsp3) is 0.429. The Labute approximate surface area is 138 Å². The van der Waals surface area contributed by atoms with E-state index in [1.54, 1.807) is 23.9 Å². The zero-order valence-electron chi connectivity index (χ0n) is 12.2. The third kappa shape index (κ3) is 5.26. The van der Waals surface area contributed by atoms with Crippen LogP contribution in [0.5, 0.6) is 0 Å². The van der Waals surface area contributed by atoms with E-state index < -0.39 is 24.0 Å². The van der Waals surface area contributed by atoms with E-state index in [1.807, 2.05) is 6.92 Å². The lowest BCUT2D eigenvalue weighted by molar-refractivity contribution is -0.138. The number of nitrogens with zero attached hydrogens (tertiary/aromatic N) is 1. The third-order valence-corrected chi connectivity index (χ3v) is 4.15. The number of amides is 2. The van der Waals surface area contributed by atoms with Gasteiger partial charge in [-0.25, -0.2) is 10.9 Å². The highest BCUT2D eigenvalue weighted by Crippen LogP contribution is 2.13. The van der Waals surface area contributed by atoms with E-state index in [-0.39, 0.29) is 5.56 Å². The highest BCUT2D eigenvalue weighted by Gasteiger charge is 2.30. The van der Waals surface area contributed by atoms with E-state index in [1.165, 1.54) is 12.1 Å². The highest BCUT2D eigenvalue weighted by molar-refractivity contribution is 7.99. The van der Waals surface area contributed by atoms with Gasteiger partial charge in [-0.1, -0.05) is 24.6 Å². The molecule has 0 aliphatic rings. The minimum absolute atomic E-state index is 0.158. The number of hydrogen-bond acceptors (Lipinski definition) is 6. The summed E-state index contributed by atoms with van der Waals surface area (Å²) in [7, 11) is 0. The molecule has 0 aliphatic heterocycles. The summed E-state index contributed by atoms with van der Waals surface area (Å²) in [4.78, 5) is 24.1. The highest BCUT2D eigenvalue weighted by atomic mass is 35.5. The van der Waals surface area contributed by atoms with E-state index in [9.17, 15) is 14.7 Å². The Morgan fingerprint density at radius 3 is 2.73 bits per heavy atom. The zero-order valence-corrected chi connectivity index (χ0v) is 13.8. The lowest BCUT2D eigenvalue weighted by Gasteiger charge is -2.22. The minimum atomic E-state index is -1.52. The summed E-state index contributed by atoms with van der Waals surface area (Å²) in [5.74, 6) is 5.47. The van der Waals surface area contributed by atoms with Crippen LogP contribution >= 0.6 is 23.4 Å². The van der Waals surface area contributed by atoms with Gasteiger partial charge in [-0.15, -0.1) is 0 Å². The Hall–Kier alpha value is -1.12. The van der Waals surface area contributed by atoms with Gasteiger partial charge in [-0.2, -0.15) is 11.8 Å². The number of aliphatic hydroxyl groups is 1. The van der Waals surface area contributed by atoms with Crippen molar-refractivity contribution in [2.24, 2.45) is 11.6 Å². The average Bonchev–Trinajstić information content (AvgIpc) is 2.52. The normalized spacial score (nSPS) is 13.5. The molecule has 0 radical (unpaired) electrons. The van der Waals surface area contributed by atoms with Crippen molar-refractivity contribution in [1.82, 2.24) is 5.01 Å². The molecule has 1 aromatic carbocycles. The van der Waals surface area contributed by atoms with Crippen LogP contribution in [0.2, 0.25) is 5.02 Å². The first-order valence-electron chi connectivity index (χ1n) is 6.78. The monoisotopic (exact) mass is 345 g/mol. The van der Waals surface area contributed by atoms with Crippen molar-refractivity contribution in [2.45, 2.75) is 25.5 Å². The van der Waals surface area contributed by atoms with Gasteiger partial charge in [0.2, 0.25) is 0 Å². The number of halogens is 1. The second-order valence-electron chi connectivity index (χ2n) is 4.62. The Balaban J connectivity index is 2.69. The molecule has 2 amide bonds. The van der Waals surface area contributed by atoms with Crippen molar-refractivity contribution in [3.8, 4) is 0 Å². The van der Waals surface area contributed by atoms with Crippen LogP contribution in [0.25, 0.3) is 0 Å². The Bertz CT molecular complexity index is 530. The van der Waals surface area contributed by atoms with Gasteiger partial charge in [0.05, 0.1) is 0 Å². The molecule has 0 heterocycles. The molecular weight excluding hydrogens is 326 g/mol. The first kappa shape index (κ1) is 18.9. The number of benzene rings is 1. The smallest absolute Gasteiger partial charge is 0.274 e. The first-order chi connectivity index (χ1) is 10.4. The van der Waals surface area contributed by atoms with E-state index in [0.717, 1.165) is 11.5 Å². The molecule has 0 saturated heterocycles. The van der Waals surface area contributed by atoms with Crippen LogP contribution in [0.1, 0.15) is 23.7 Å². The van der Waals surface area contributed by atoms with Gasteiger partial charge in [0.25, 0.3) is 11.8 Å². The molecule has 0 fully saturated rings. The lowest BCUT2D eigenvalue weighted by Crippen LogP contribution is -2.53. The summed E-state index contributed by atoms with van der Waals surface area (Å²) in [6.07, 6.45) is -1.07. The van der Waals surface area contributed by atoms with Crippen LogP contribution in [0.3, 0.4) is 0 Å². The summed E-state index contributed by atoms with van der Waals surface area (Å²) < 4.78 is 0. The van der Waals surface area contributed by atoms with Gasteiger partial charge < -0.3 is 10.8 Å². The van der Waals surface area contributed by atoms with E-state index in [4.69, 9.17) is 23.2 Å². The molecule has 1 rings (SSSR count). The maximum atomic E-state index is 12.1. The first-order valence-corrected chi connectivity index (χ1v) is 8.31. The number of hydrogen-bond donors (Lipinski definition) is 3. The Kier molecular flexibility index (Phi) is 7.84.